The van der Waals surface area contributed by atoms with Crippen molar-refractivity contribution in [1.29, 1.82) is 0 Å². The van der Waals surface area contributed by atoms with Crippen molar-refractivity contribution in [2.24, 2.45) is 10.7 Å². The Balaban J connectivity index is 2.17. The van der Waals surface area contributed by atoms with Gasteiger partial charge in [-0.25, -0.2) is 4.99 Å². The van der Waals surface area contributed by atoms with Gasteiger partial charge in [0.25, 0.3) is 0 Å². The van der Waals surface area contributed by atoms with E-state index in [0.717, 1.165) is 11.1 Å². The Labute approximate surface area is 92.8 Å². The molecule has 5 heteroatoms. The SMILES string of the molecule is COc1cccc2c1C1(N=C2N)OC(C)O1. The van der Waals surface area contributed by atoms with E-state index in [1.807, 2.05) is 25.1 Å². The first kappa shape index (κ1) is 9.62. The van der Waals surface area contributed by atoms with Crippen molar-refractivity contribution in [2.75, 3.05) is 7.11 Å². The van der Waals surface area contributed by atoms with Crippen LogP contribution in [-0.4, -0.2) is 19.2 Å². The number of nitrogens with two attached hydrogens (primary N) is 1. The monoisotopic (exact) mass is 220 g/mol. The normalized spacial score (nSPS) is 30.9. The molecule has 0 bridgehead atoms. The molecule has 0 aliphatic carbocycles. The third kappa shape index (κ3) is 1.04. The van der Waals surface area contributed by atoms with Crippen LogP contribution >= 0.6 is 0 Å². The second-order valence-corrected chi connectivity index (χ2v) is 3.77. The standard InChI is InChI=1S/C11H12N2O3/c1-6-15-11(16-6)9-7(10(12)13-11)4-3-5-8(9)14-2/h3-6H,1-2H3,(H2,12,13). The molecule has 0 amide bonds. The molecule has 1 aromatic rings. The summed E-state index contributed by atoms with van der Waals surface area (Å²) in [6.07, 6.45) is -0.271. The molecular weight excluding hydrogens is 208 g/mol. The lowest BCUT2D eigenvalue weighted by Gasteiger charge is -2.41. The first-order valence-electron chi connectivity index (χ1n) is 5.05. The zero-order valence-corrected chi connectivity index (χ0v) is 9.06. The van der Waals surface area contributed by atoms with Crippen molar-refractivity contribution in [1.82, 2.24) is 0 Å². The zero-order chi connectivity index (χ0) is 11.3. The molecule has 1 spiro atoms. The number of ether oxygens (including phenoxy) is 3. The number of amidine groups is 1. The van der Waals surface area contributed by atoms with Crippen LogP contribution in [0.2, 0.25) is 0 Å². The average Bonchev–Trinajstić information content (AvgIpc) is 2.53. The Bertz CT molecular complexity index is 478. The summed E-state index contributed by atoms with van der Waals surface area (Å²) < 4.78 is 16.4. The maximum absolute atomic E-state index is 5.83. The molecule has 0 radical (unpaired) electrons. The summed E-state index contributed by atoms with van der Waals surface area (Å²) in [4.78, 5) is 4.22. The van der Waals surface area contributed by atoms with Crippen molar-refractivity contribution < 1.29 is 14.2 Å². The summed E-state index contributed by atoms with van der Waals surface area (Å²) in [5.41, 5.74) is 7.40. The van der Waals surface area contributed by atoms with Gasteiger partial charge in [0.1, 0.15) is 11.6 Å². The quantitative estimate of drug-likeness (QED) is 0.764. The van der Waals surface area contributed by atoms with Crippen molar-refractivity contribution in [2.45, 2.75) is 19.1 Å². The molecule has 16 heavy (non-hydrogen) atoms. The smallest absolute Gasteiger partial charge is 0.308 e. The Hall–Kier alpha value is -1.59. The summed E-state index contributed by atoms with van der Waals surface area (Å²) in [5.74, 6) is 0.0141. The second kappa shape index (κ2) is 2.96. The van der Waals surface area contributed by atoms with Crippen LogP contribution in [0.1, 0.15) is 18.1 Å². The fourth-order valence-corrected chi connectivity index (χ4v) is 2.14. The molecule has 3 rings (SSSR count). The van der Waals surface area contributed by atoms with Crippen LogP contribution in [0.4, 0.5) is 0 Å². The molecule has 5 nitrogen and oxygen atoms in total. The van der Waals surface area contributed by atoms with Gasteiger partial charge in [-0.3, -0.25) is 9.47 Å². The molecule has 84 valence electrons. The predicted octanol–water partition coefficient (Wildman–Crippen LogP) is 0.917. The van der Waals surface area contributed by atoms with Gasteiger partial charge in [0.05, 0.1) is 12.7 Å². The van der Waals surface area contributed by atoms with E-state index in [1.54, 1.807) is 7.11 Å². The predicted molar refractivity (Wildman–Crippen MR) is 57.0 cm³/mol. The molecule has 1 fully saturated rings. The fraction of sp³-hybridized carbons (Fsp3) is 0.364. The number of benzene rings is 1. The van der Waals surface area contributed by atoms with E-state index in [1.165, 1.54) is 0 Å². The van der Waals surface area contributed by atoms with Crippen LogP contribution in [0.3, 0.4) is 0 Å². The minimum atomic E-state index is -1.08. The topological polar surface area (TPSA) is 66.1 Å². The summed E-state index contributed by atoms with van der Waals surface area (Å²) in [5, 5.41) is 0. The third-order valence-electron chi connectivity index (χ3n) is 2.76. The number of nitrogens with zero attached hydrogens (tertiary/aromatic N) is 1. The highest BCUT2D eigenvalue weighted by Gasteiger charge is 2.53. The fourth-order valence-electron chi connectivity index (χ4n) is 2.14. The molecule has 2 aliphatic heterocycles. The highest BCUT2D eigenvalue weighted by molar-refractivity contribution is 6.02. The highest BCUT2D eigenvalue weighted by Crippen LogP contribution is 2.48. The largest absolute Gasteiger partial charge is 0.496 e. The van der Waals surface area contributed by atoms with Crippen LogP contribution in [-0.2, 0) is 15.4 Å². The van der Waals surface area contributed by atoms with E-state index in [-0.39, 0.29) is 6.29 Å². The van der Waals surface area contributed by atoms with E-state index in [4.69, 9.17) is 19.9 Å². The zero-order valence-electron chi connectivity index (χ0n) is 9.06. The Morgan fingerprint density at radius 2 is 2.19 bits per heavy atom. The molecule has 2 heterocycles. The first-order chi connectivity index (χ1) is 7.66. The number of rotatable bonds is 1. The molecule has 2 N–H and O–H groups in total. The molecule has 1 aromatic carbocycles. The van der Waals surface area contributed by atoms with Crippen LogP contribution in [0, 0.1) is 0 Å². The Morgan fingerprint density at radius 3 is 2.81 bits per heavy atom. The van der Waals surface area contributed by atoms with E-state index in [9.17, 15) is 0 Å². The number of fused-ring (bicyclic) bond motifs is 2. The van der Waals surface area contributed by atoms with E-state index < -0.39 is 5.91 Å². The molecule has 0 saturated carbocycles. The molecule has 0 unspecified atom stereocenters. The lowest BCUT2D eigenvalue weighted by Crippen LogP contribution is -2.47. The van der Waals surface area contributed by atoms with Crippen LogP contribution in [0.5, 0.6) is 5.75 Å². The summed E-state index contributed by atoms with van der Waals surface area (Å²) >= 11 is 0. The summed E-state index contributed by atoms with van der Waals surface area (Å²) in [6.45, 7) is 1.81. The van der Waals surface area contributed by atoms with Gasteiger partial charge in [0.15, 0.2) is 6.29 Å². The van der Waals surface area contributed by atoms with Gasteiger partial charge in [-0.2, -0.15) is 0 Å². The highest BCUT2D eigenvalue weighted by atomic mass is 16.9. The molecule has 2 aliphatic rings. The molecule has 0 atom stereocenters. The van der Waals surface area contributed by atoms with Crippen LogP contribution < -0.4 is 10.5 Å². The van der Waals surface area contributed by atoms with Gasteiger partial charge < -0.3 is 10.5 Å². The summed E-state index contributed by atoms with van der Waals surface area (Å²) in [7, 11) is 1.60. The molecule has 0 aromatic heterocycles. The minimum Gasteiger partial charge on any atom is -0.496 e. The van der Waals surface area contributed by atoms with Gasteiger partial charge in [0.2, 0.25) is 0 Å². The van der Waals surface area contributed by atoms with Crippen LogP contribution in [0.25, 0.3) is 0 Å². The lowest BCUT2D eigenvalue weighted by atomic mass is 10.0. The Morgan fingerprint density at radius 1 is 1.44 bits per heavy atom. The van der Waals surface area contributed by atoms with Crippen molar-refractivity contribution in [3.05, 3.63) is 29.3 Å². The van der Waals surface area contributed by atoms with Gasteiger partial charge in [-0.15, -0.1) is 0 Å². The average molecular weight is 220 g/mol. The lowest BCUT2D eigenvalue weighted by molar-refractivity contribution is -0.451. The number of hydrogen-bond acceptors (Lipinski definition) is 5. The van der Waals surface area contributed by atoms with Crippen molar-refractivity contribution in [3.63, 3.8) is 0 Å². The van der Waals surface area contributed by atoms with Gasteiger partial charge >= 0.3 is 5.91 Å². The minimum absolute atomic E-state index is 0.271. The van der Waals surface area contributed by atoms with Gasteiger partial charge in [0, 0.05) is 5.56 Å². The third-order valence-corrected chi connectivity index (χ3v) is 2.76. The van der Waals surface area contributed by atoms with E-state index in [2.05, 4.69) is 4.99 Å². The maximum atomic E-state index is 5.83. The number of methoxy groups -OCH3 is 1. The van der Waals surface area contributed by atoms with E-state index in [0.29, 0.717) is 11.6 Å². The Kier molecular flexibility index (Phi) is 1.78. The maximum Gasteiger partial charge on any atom is 0.308 e. The molecule has 1 saturated heterocycles. The van der Waals surface area contributed by atoms with E-state index >= 15 is 0 Å². The van der Waals surface area contributed by atoms with Crippen molar-refractivity contribution in [3.8, 4) is 5.75 Å². The van der Waals surface area contributed by atoms with Crippen molar-refractivity contribution >= 4 is 5.84 Å². The number of hydrogen-bond donors (Lipinski definition) is 1. The van der Waals surface area contributed by atoms with Crippen LogP contribution in [0.15, 0.2) is 23.2 Å². The van der Waals surface area contributed by atoms with Gasteiger partial charge in [-0.05, 0) is 13.0 Å². The number of aliphatic imine (C=N–C) groups is 1. The first-order valence-corrected chi connectivity index (χ1v) is 5.05. The summed E-state index contributed by atoms with van der Waals surface area (Å²) in [6, 6.07) is 5.58. The molecular formula is C11H12N2O3. The van der Waals surface area contributed by atoms with Gasteiger partial charge in [-0.1, -0.05) is 12.1 Å². The second-order valence-electron chi connectivity index (χ2n) is 3.77.